The Kier molecular flexibility index (Phi) is 8.27. The fraction of sp³-hybridized carbons (Fsp3) is 0.600. The minimum Gasteiger partial charge on any atom is -0.493 e. The van der Waals surface area contributed by atoms with Crippen LogP contribution in [-0.2, 0) is 5.88 Å². The van der Waals surface area contributed by atoms with Gasteiger partial charge in [0.25, 0.3) is 0 Å². The molecule has 1 saturated heterocycles. The van der Waals surface area contributed by atoms with Crippen molar-refractivity contribution in [3.05, 3.63) is 29.8 Å². The predicted octanol–water partition coefficient (Wildman–Crippen LogP) is 4.01. The number of nitrogens with one attached hydrogen (secondary N) is 1. The van der Waals surface area contributed by atoms with Crippen molar-refractivity contribution >= 4 is 24.0 Å². The zero-order valence-electron chi connectivity index (χ0n) is 11.2. The van der Waals surface area contributed by atoms with Gasteiger partial charge in [-0.05, 0) is 50.8 Å². The fourth-order valence-corrected chi connectivity index (χ4v) is 2.69. The average molecular weight is 304 g/mol. The van der Waals surface area contributed by atoms with E-state index in [-0.39, 0.29) is 12.4 Å². The van der Waals surface area contributed by atoms with Crippen LogP contribution in [0, 0.1) is 5.92 Å². The molecule has 1 N–H and O–H groups in total. The molecule has 1 atom stereocenters. The number of halogens is 2. The minimum absolute atomic E-state index is 0. The highest BCUT2D eigenvalue weighted by Crippen LogP contribution is 2.22. The SMILES string of the molecule is Cl.ClCc1ccccc1OCCC1CCCNCC1. The summed E-state index contributed by atoms with van der Waals surface area (Å²) in [5.41, 5.74) is 1.08. The number of para-hydroxylation sites is 1. The largest absolute Gasteiger partial charge is 0.493 e. The summed E-state index contributed by atoms with van der Waals surface area (Å²) in [6, 6.07) is 8.03. The van der Waals surface area contributed by atoms with Crippen molar-refractivity contribution in [2.24, 2.45) is 5.92 Å². The number of hydrogen-bond donors (Lipinski definition) is 1. The molecule has 1 heterocycles. The summed E-state index contributed by atoms with van der Waals surface area (Å²) in [5, 5.41) is 3.45. The minimum atomic E-state index is 0. The molecule has 0 bridgehead atoms. The number of benzene rings is 1. The second kappa shape index (κ2) is 9.46. The summed E-state index contributed by atoms with van der Waals surface area (Å²) in [6.07, 6.45) is 5.05. The third-order valence-corrected chi connectivity index (χ3v) is 3.88. The molecule has 0 amide bonds. The van der Waals surface area contributed by atoms with Crippen molar-refractivity contribution in [1.29, 1.82) is 0 Å². The third-order valence-electron chi connectivity index (χ3n) is 3.60. The van der Waals surface area contributed by atoms with E-state index in [1.165, 1.54) is 25.8 Å². The van der Waals surface area contributed by atoms with Gasteiger partial charge in [-0.3, -0.25) is 0 Å². The molecular weight excluding hydrogens is 281 g/mol. The molecule has 0 spiro atoms. The number of alkyl halides is 1. The summed E-state index contributed by atoms with van der Waals surface area (Å²) >= 11 is 5.89. The molecule has 1 unspecified atom stereocenters. The van der Waals surface area contributed by atoms with Crippen LogP contribution in [0.25, 0.3) is 0 Å². The van der Waals surface area contributed by atoms with Gasteiger partial charge < -0.3 is 10.1 Å². The molecule has 2 rings (SSSR count). The maximum atomic E-state index is 5.89. The molecule has 0 aromatic heterocycles. The van der Waals surface area contributed by atoms with Crippen molar-refractivity contribution in [3.63, 3.8) is 0 Å². The molecule has 2 nitrogen and oxygen atoms in total. The monoisotopic (exact) mass is 303 g/mol. The summed E-state index contributed by atoms with van der Waals surface area (Å²) in [7, 11) is 0. The molecule has 0 aliphatic carbocycles. The van der Waals surface area contributed by atoms with Crippen LogP contribution in [0.2, 0.25) is 0 Å². The van der Waals surface area contributed by atoms with Crippen LogP contribution in [0.3, 0.4) is 0 Å². The lowest BCUT2D eigenvalue weighted by Crippen LogP contribution is -2.14. The molecule has 1 fully saturated rings. The number of rotatable bonds is 5. The van der Waals surface area contributed by atoms with Gasteiger partial charge in [0.2, 0.25) is 0 Å². The highest BCUT2D eigenvalue weighted by atomic mass is 35.5. The lowest BCUT2D eigenvalue weighted by atomic mass is 9.97. The van der Waals surface area contributed by atoms with Crippen LogP contribution in [0.5, 0.6) is 5.75 Å². The van der Waals surface area contributed by atoms with E-state index in [0.29, 0.717) is 5.88 Å². The summed E-state index contributed by atoms with van der Waals surface area (Å²) in [4.78, 5) is 0. The Labute approximate surface area is 127 Å². The van der Waals surface area contributed by atoms with Gasteiger partial charge in [0.15, 0.2) is 0 Å². The Morgan fingerprint density at radius 1 is 1.21 bits per heavy atom. The van der Waals surface area contributed by atoms with Crippen LogP contribution in [0.4, 0.5) is 0 Å². The third kappa shape index (κ3) is 5.60. The predicted molar refractivity (Wildman–Crippen MR) is 83.6 cm³/mol. The van der Waals surface area contributed by atoms with E-state index < -0.39 is 0 Å². The molecule has 0 saturated carbocycles. The Bertz CT molecular complexity index is 352. The molecule has 108 valence electrons. The van der Waals surface area contributed by atoms with Gasteiger partial charge in [0, 0.05) is 5.56 Å². The van der Waals surface area contributed by atoms with Gasteiger partial charge in [-0.25, -0.2) is 0 Å². The smallest absolute Gasteiger partial charge is 0.123 e. The van der Waals surface area contributed by atoms with E-state index in [4.69, 9.17) is 16.3 Å². The van der Waals surface area contributed by atoms with Gasteiger partial charge in [-0.2, -0.15) is 0 Å². The van der Waals surface area contributed by atoms with Crippen LogP contribution < -0.4 is 10.1 Å². The quantitative estimate of drug-likeness (QED) is 0.830. The van der Waals surface area contributed by atoms with Gasteiger partial charge in [-0.1, -0.05) is 18.2 Å². The lowest BCUT2D eigenvalue weighted by molar-refractivity contribution is 0.267. The molecular formula is C15H23Cl2NO. The van der Waals surface area contributed by atoms with E-state index in [1.807, 2.05) is 24.3 Å². The first-order valence-electron chi connectivity index (χ1n) is 6.87. The van der Waals surface area contributed by atoms with Gasteiger partial charge in [-0.15, -0.1) is 24.0 Å². The standard InChI is InChI=1S/C15H22ClNO.ClH/c16-12-14-5-1-2-6-15(14)18-11-8-13-4-3-9-17-10-7-13;/h1-2,5-6,13,17H,3-4,7-12H2;1H. The highest BCUT2D eigenvalue weighted by molar-refractivity contribution is 6.17. The Morgan fingerprint density at radius 2 is 2.05 bits per heavy atom. The Morgan fingerprint density at radius 3 is 2.89 bits per heavy atom. The van der Waals surface area contributed by atoms with E-state index in [1.54, 1.807) is 0 Å². The molecule has 1 aliphatic heterocycles. The topological polar surface area (TPSA) is 21.3 Å². The van der Waals surface area contributed by atoms with Crippen molar-refractivity contribution < 1.29 is 4.74 Å². The first kappa shape index (κ1) is 16.6. The van der Waals surface area contributed by atoms with Crippen molar-refractivity contribution in [2.45, 2.75) is 31.6 Å². The Hall–Kier alpha value is -0.440. The van der Waals surface area contributed by atoms with Crippen molar-refractivity contribution in [3.8, 4) is 5.75 Å². The molecule has 1 aliphatic rings. The van der Waals surface area contributed by atoms with E-state index in [9.17, 15) is 0 Å². The van der Waals surface area contributed by atoms with Crippen LogP contribution >= 0.6 is 24.0 Å². The average Bonchev–Trinajstić information content (AvgIpc) is 2.68. The second-order valence-electron chi connectivity index (χ2n) is 4.93. The van der Waals surface area contributed by atoms with Crippen LogP contribution in [0.15, 0.2) is 24.3 Å². The summed E-state index contributed by atoms with van der Waals surface area (Å²) < 4.78 is 5.87. The second-order valence-corrected chi connectivity index (χ2v) is 5.19. The van der Waals surface area contributed by atoms with Crippen molar-refractivity contribution in [1.82, 2.24) is 5.32 Å². The molecule has 1 aromatic carbocycles. The zero-order chi connectivity index (χ0) is 12.6. The summed E-state index contributed by atoms with van der Waals surface area (Å²) in [6.45, 7) is 3.13. The highest BCUT2D eigenvalue weighted by Gasteiger charge is 2.12. The first-order chi connectivity index (χ1) is 8.90. The van der Waals surface area contributed by atoms with Crippen molar-refractivity contribution in [2.75, 3.05) is 19.7 Å². The van der Waals surface area contributed by atoms with Crippen LogP contribution in [-0.4, -0.2) is 19.7 Å². The molecule has 4 heteroatoms. The maximum absolute atomic E-state index is 5.89. The maximum Gasteiger partial charge on any atom is 0.123 e. The number of hydrogen-bond acceptors (Lipinski definition) is 2. The van der Waals surface area contributed by atoms with Gasteiger partial charge >= 0.3 is 0 Å². The van der Waals surface area contributed by atoms with Crippen LogP contribution in [0.1, 0.15) is 31.2 Å². The van der Waals surface area contributed by atoms with E-state index in [0.717, 1.165) is 36.8 Å². The Balaban J connectivity index is 0.00000180. The van der Waals surface area contributed by atoms with Gasteiger partial charge in [0.05, 0.1) is 12.5 Å². The normalized spacial score (nSPS) is 19.3. The van der Waals surface area contributed by atoms with E-state index in [2.05, 4.69) is 5.32 Å². The lowest BCUT2D eigenvalue weighted by Gasteiger charge is -2.15. The number of ether oxygens (including phenoxy) is 1. The zero-order valence-corrected chi connectivity index (χ0v) is 12.8. The first-order valence-corrected chi connectivity index (χ1v) is 7.41. The van der Waals surface area contributed by atoms with E-state index >= 15 is 0 Å². The van der Waals surface area contributed by atoms with Gasteiger partial charge in [0.1, 0.15) is 5.75 Å². The summed E-state index contributed by atoms with van der Waals surface area (Å²) in [5.74, 6) is 2.27. The molecule has 1 aromatic rings. The molecule has 19 heavy (non-hydrogen) atoms. The molecule has 0 radical (unpaired) electrons. The fourth-order valence-electron chi connectivity index (χ4n) is 2.47.